The minimum atomic E-state index is -0.0936. The van der Waals surface area contributed by atoms with Crippen molar-refractivity contribution < 1.29 is 9.53 Å². The molecule has 0 aliphatic heterocycles. The van der Waals surface area contributed by atoms with Crippen LogP contribution in [0.3, 0.4) is 0 Å². The quantitative estimate of drug-likeness (QED) is 0.313. The second kappa shape index (κ2) is 10.7. The molecule has 2 amide bonds. The third-order valence-electron chi connectivity index (χ3n) is 6.72. The van der Waals surface area contributed by atoms with Gasteiger partial charge < -0.3 is 25.7 Å². The third kappa shape index (κ3) is 5.12. The molecule has 8 heteroatoms. The van der Waals surface area contributed by atoms with E-state index in [2.05, 4.69) is 49.6 Å². The number of carbonyl (C=O) groups excluding carboxylic acids is 1. The van der Waals surface area contributed by atoms with Crippen molar-refractivity contribution in [2.24, 2.45) is 5.92 Å². The summed E-state index contributed by atoms with van der Waals surface area (Å²) in [6.45, 7) is 3.91. The van der Waals surface area contributed by atoms with E-state index < -0.39 is 0 Å². The van der Waals surface area contributed by atoms with Crippen molar-refractivity contribution in [2.75, 3.05) is 18.8 Å². The van der Waals surface area contributed by atoms with Gasteiger partial charge in [-0.15, -0.1) is 0 Å². The van der Waals surface area contributed by atoms with E-state index in [0.29, 0.717) is 37.5 Å². The van der Waals surface area contributed by atoms with Gasteiger partial charge in [0.25, 0.3) is 0 Å². The fourth-order valence-electron chi connectivity index (χ4n) is 4.73. The van der Waals surface area contributed by atoms with Gasteiger partial charge in [0.05, 0.1) is 5.39 Å². The van der Waals surface area contributed by atoms with Gasteiger partial charge in [0.1, 0.15) is 30.1 Å². The number of urea groups is 1. The molecule has 2 heterocycles. The topological polar surface area (TPSA) is 107 Å². The largest absolute Gasteiger partial charge is 0.489 e. The van der Waals surface area contributed by atoms with E-state index in [-0.39, 0.29) is 6.03 Å². The van der Waals surface area contributed by atoms with E-state index in [1.807, 2.05) is 43.3 Å². The van der Waals surface area contributed by atoms with Crippen molar-refractivity contribution >= 4 is 22.9 Å². The van der Waals surface area contributed by atoms with Crippen LogP contribution >= 0.6 is 0 Å². The van der Waals surface area contributed by atoms with Crippen molar-refractivity contribution in [3.63, 3.8) is 0 Å². The smallest absolute Gasteiger partial charge is 0.314 e. The van der Waals surface area contributed by atoms with Gasteiger partial charge in [-0.1, -0.05) is 49.4 Å². The van der Waals surface area contributed by atoms with Gasteiger partial charge in [-0.25, -0.2) is 14.8 Å². The Morgan fingerprint density at radius 1 is 1.11 bits per heavy atom. The second-order valence-corrected chi connectivity index (χ2v) is 9.34. The molecule has 4 aromatic rings. The zero-order valence-electron chi connectivity index (χ0n) is 20.5. The van der Waals surface area contributed by atoms with Gasteiger partial charge in [-0.05, 0) is 48.4 Å². The normalized spacial score (nSPS) is 16.9. The minimum Gasteiger partial charge on any atom is -0.489 e. The number of carbonyl (C=O) groups is 1. The van der Waals surface area contributed by atoms with Crippen LogP contribution in [0, 0.1) is 5.92 Å². The monoisotopic (exact) mass is 484 g/mol. The second-order valence-electron chi connectivity index (χ2n) is 9.34. The van der Waals surface area contributed by atoms with E-state index in [0.717, 1.165) is 52.7 Å². The number of nitrogens with one attached hydrogen (secondary N) is 2. The first-order valence-electron chi connectivity index (χ1n) is 12.5. The molecule has 1 aliphatic carbocycles. The number of amides is 2. The van der Waals surface area contributed by atoms with Crippen LogP contribution in [-0.2, 0) is 6.61 Å². The van der Waals surface area contributed by atoms with Gasteiger partial charge in [0.2, 0.25) is 0 Å². The molecule has 4 N–H and O–H groups in total. The summed E-state index contributed by atoms with van der Waals surface area (Å²) in [5.41, 5.74) is 10.3. The first-order valence-corrected chi connectivity index (χ1v) is 12.5. The Morgan fingerprint density at radius 2 is 1.94 bits per heavy atom. The maximum atomic E-state index is 11.9. The van der Waals surface area contributed by atoms with Crippen molar-refractivity contribution in [3.8, 4) is 16.9 Å². The molecule has 0 radical (unpaired) electrons. The summed E-state index contributed by atoms with van der Waals surface area (Å²) in [4.78, 5) is 20.7. The maximum absolute atomic E-state index is 11.9. The highest BCUT2D eigenvalue weighted by molar-refractivity contribution is 6.00. The van der Waals surface area contributed by atoms with Gasteiger partial charge in [0, 0.05) is 30.9 Å². The van der Waals surface area contributed by atoms with E-state index in [1.54, 1.807) is 0 Å². The Morgan fingerprint density at radius 3 is 2.75 bits per heavy atom. The van der Waals surface area contributed by atoms with Crippen LogP contribution in [0.4, 0.5) is 10.6 Å². The minimum absolute atomic E-state index is 0.0936. The molecule has 8 nitrogen and oxygen atoms in total. The van der Waals surface area contributed by atoms with Gasteiger partial charge in [-0.2, -0.15) is 0 Å². The summed E-state index contributed by atoms with van der Waals surface area (Å²) in [6.07, 6.45) is 6.53. The van der Waals surface area contributed by atoms with Gasteiger partial charge in [0.15, 0.2) is 0 Å². The number of hydrogen-bond donors (Lipinski definition) is 3. The molecule has 1 aliphatic rings. The Balaban J connectivity index is 1.33. The van der Waals surface area contributed by atoms with Crippen LogP contribution < -0.4 is 21.1 Å². The molecule has 0 spiro atoms. The predicted molar refractivity (Wildman–Crippen MR) is 142 cm³/mol. The highest BCUT2D eigenvalue weighted by Gasteiger charge is 2.32. The summed E-state index contributed by atoms with van der Waals surface area (Å²) < 4.78 is 8.28. The van der Waals surface area contributed by atoms with Crippen LogP contribution in [0.2, 0.25) is 0 Å². The number of ether oxygens (including phenoxy) is 1. The van der Waals surface area contributed by atoms with Gasteiger partial charge >= 0.3 is 6.03 Å². The van der Waals surface area contributed by atoms with Crippen LogP contribution in [-0.4, -0.2) is 33.7 Å². The van der Waals surface area contributed by atoms with E-state index >= 15 is 0 Å². The van der Waals surface area contributed by atoms with Crippen molar-refractivity contribution in [2.45, 2.75) is 38.8 Å². The van der Waals surface area contributed by atoms with Gasteiger partial charge in [-0.3, -0.25) is 0 Å². The molecule has 186 valence electrons. The first kappa shape index (κ1) is 23.7. The molecule has 0 atom stereocenters. The number of rotatable bonds is 9. The molecule has 5 rings (SSSR count). The zero-order chi connectivity index (χ0) is 24.9. The molecule has 0 bridgehead atoms. The van der Waals surface area contributed by atoms with Crippen molar-refractivity contribution in [3.05, 3.63) is 72.7 Å². The molecular weight excluding hydrogens is 452 g/mol. The number of benzene rings is 2. The standard InChI is InChI=1S/C28H32N6O2/c1-2-11-30-28(35)31-15-20-12-22(13-20)34-16-24(25-26(29)32-18-33-27(25)34)21-9-6-10-23(14-21)36-17-19-7-4-3-5-8-19/h3-10,14,16,18,20,22H,2,11-13,15,17H2,1H3,(H2,29,32,33)(H2,30,31,35). The molecule has 36 heavy (non-hydrogen) atoms. The number of nitrogens with zero attached hydrogens (tertiary/aromatic N) is 3. The lowest BCUT2D eigenvalue weighted by Gasteiger charge is -2.36. The average Bonchev–Trinajstić information content (AvgIpc) is 3.27. The fourth-order valence-corrected chi connectivity index (χ4v) is 4.73. The lowest BCUT2D eigenvalue weighted by atomic mass is 9.80. The zero-order valence-corrected chi connectivity index (χ0v) is 20.5. The maximum Gasteiger partial charge on any atom is 0.314 e. The summed E-state index contributed by atoms with van der Waals surface area (Å²) in [7, 11) is 0. The number of fused-ring (bicyclic) bond motifs is 1. The number of nitrogens with two attached hydrogens (primary N) is 1. The summed E-state index contributed by atoms with van der Waals surface area (Å²) >= 11 is 0. The van der Waals surface area contributed by atoms with Crippen LogP contribution in [0.15, 0.2) is 67.1 Å². The van der Waals surface area contributed by atoms with Crippen LogP contribution in [0.1, 0.15) is 37.8 Å². The average molecular weight is 485 g/mol. The molecule has 0 saturated heterocycles. The van der Waals surface area contributed by atoms with E-state index in [9.17, 15) is 4.79 Å². The predicted octanol–water partition coefficient (Wildman–Crippen LogP) is 4.92. The highest BCUT2D eigenvalue weighted by atomic mass is 16.5. The Kier molecular flexibility index (Phi) is 7.02. The lowest BCUT2D eigenvalue weighted by Crippen LogP contribution is -2.41. The van der Waals surface area contributed by atoms with Crippen LogP contribution in [0.5, 0.6) is 5.75 Å². The SMILES string of the molecule is CCCNC(=O)NCC1CC(n2cc(-c3cccc(OCc4ccccc4)c3)c3c(N)ncnc32)C1. The van der Waals surface area contributed by atoms with E-state index in [1.165, 1.54) is 6.33 Å². The Bertz CT molecular complexity index is 1330. The first-order chi connectivity index (χ1) is 17.6. The molecule has 0 unspecified atom stereocenters. The molecule has 1 fully saturated rings. The van der Waals surface area contributed by atoms with Crippen molar-refractivity contribution in [1.82, 2.24) is 25.2 Å². The molecule has 2 aromatic carbocycles. The lowest BCUT2D eigenvalue weighted by molar-refractivity contribution is 0.192. The molecular formula is C28H32N6O2. The van der Waals surface area contributed by atoms with Crippen LogP contribution in [0.25, 0.3) is 22.2 Å². The number of hydrogen-bond acceptors (Lipinski definition) is 5. The Labute approximate surface area is 210 Å². The number of anilines is 1. The third-order valence-corrected chi connectivity index (χ3v) is 6.72. The number of nitrogen functional groups attached to an aromatic ring is 1. The summed E-state index contributed by atoms with van der Waals surface area (Å²) in [6, 6.07) is 18.4. The van der Waals surface area contributed by atoms with E-state index in [4.69, 9.17) is 10.5 Å². The fraction of sp³-hybridized carbons (Fsp3) is 0.321. The van der Waals surface area contributed by atoms with Crippen molar-refractivity contribution in [1.29, 1.82) is 0 Å². The highest BCUT2D eigenvalue weighted by Crippen LogP contribution is 2.42. The molecule has 2 aromatic heterocycles. The Hall–Kier alpha value is -4.07. The molecule has 1 saturated carbocycles. The summed E-state index contributed by atoms with van der Waals surface area (Å²) in [5.74, 6) is 1.70. The number of aromatic nitrogens is 3. The summed E-state index contributed by atoms with van der Waals surface area (Å²) in [5, 5.41) is 6.70.